The van der Waals surface area contributed by atoms with Crippen molar-refractivity contribution in [3.63, 3.8) is 0 Å². The van der Waals surface area contributed by atoms with Gasteiger partial charge in [0.15, 0.2) is 0 Å². The average Bonchev–Trinajstić information content (AvgIpc) is 2.40. The summed E-state index contributed by atoms with van der Waals surface area (Å²) in [7, 11) is 0. The zero-order valence-electron chi connectivity index (χ0n) is 10.4. The van der Waals surface area contributed by atoms with E-state index in [0.29, 0.717) is 20.7 Å². The molecule has 0 aliphatic carbocycles. The van der Waals surface area contributed by atoms with Crippen molar-refractivity contribution in [2.75, 3.05) is 5.32 Å². The number of benzene rings is 2. The average molecular weight is 377 g/mol. The minimum absolute atomic E-state index is 0.0238. The molecular formula is C14H9BrClF2NO2. The first-order valence-electron chi connectivity index (χ1n) is 5.77. The van der Waals surface area contributed by atoms with E-state index in [4.69, 9.17) is 11.6 Å². The molecular weight excluding hydrogens is 368 g/mol. The maximum atomic E-state index is 12.1. The molecule has 0 spiro atoms. The molecule has 0 atom stereocenters. The number of hydrogen-bond donors (Lipinski definition) is 1. The fraction of sp³-hybridized carbons (Fsp3) is 0.0714. The maximum Gasteiger partial charge on any atom is 0.387 e. The van der Waals surface area contributed by atoms with Crippen LogP contribution in [0, 0.1) is 0 Å². The number of hydrogen-bond acceptors (Lipinski definition) is 2. The van der Waals surface area contributed by atoms with Gasteiger partial charge < -0.3 is 10.1 Å². The van der Waals surface area contributed by atoms with Gasteiger partial charge in [-0.2, -0.15) is 8.78 Å². The minimum Gasteiger partial charge on any atom is -0.435 e. The first kappa shape index (κ1) is 15.7. The largest absolute Gasteiger partial charge is 0.435 e. The molecule has 1 amide bonds. The lowest BCUT2D eigenvalue weighted by molar-refractivity contribution is -0.0498. The number of rotatable bonds is 4. The summed E-state index contributed by atoms with van der Waals surface area (Å²) in [6.07, 6.45) is 0. The van der Waals surface area contributed by atoms with Gasteiger partial charge in [0.1, 0.15) is 5.75 Å². The van der Waals surface area contributed by atoms with Crippen molar-refractivity contribution < 1.29 is 18.3 Å². The monoisotopic (exact) mass is 375 g/mol. The fourth-order valence-corrected chi connectivity index (χ4v) is 2.45. The van der Waals surface area contributed by atoms with Gasteiger partial charge in [-0.3, -0.25) is 4.79 Å². The van der Waals surface area contributed by atoms with Crippen LogP contribution in [0.3, 0.4) is 0 Å². The minimum atomic E-state index is -2.88. The fourth-order valence-electron chi connectivity index (χ4n) is 1.59. The molecule has 0 aromatic heterocycles. The van der Waals surface area contributed by atoms with E-state index in [2.05, 4.69) is 26.0 Å². The zero-order valence-corrected chi connectivity index (χ0v) is 12.8. The van der Waals surface area contributed by atoms with E-state index in [-0.39, 0.29) is 11.7 Å². The second kappa shape index (κ2) is 6.87. The normalized spacial score (nSPS) is 10.5. The molecule has 0 aliphatic rings. The van der Waals surface area contributed by atoms with E-state index in [9.17, 15) is 13.6 Å². The van der Waals surface area contributed by atoms with Crippen LogP contribution in [0.5, 0.6) is 5.75 Å². The molecule has 2 aromatic rings. The van der Waals surface area contributed by atoms with Crippen molar-refractivity contribution in [2.24, 2.45) is 0 Å². The third-order valence-electron chi connectivity index (χ3n) is 2.51. The summed E-state index contributed by atoms with van der Waals surface area (Å²) in [4.78, 5) is 12.1. The molecule has 110 valence electrons. The van der Waals surface area contributed by atoms with Crippen LogP contribution in [0.2, 0.25) is 5.02 Å². The summed E-state index contributed by atoms with van der Waals surface area (Å²) in [5.74, 6) is -0.322. The maximum absolute atomic E-state index is 12.1. The Hall–Kier alpha value is -1.66. The van der Waals surface area contributed by atoms with Gasteiger partial charge in [0.25, 0.3) is 5.91 Å². The Morgan fingerprint density at radius 3 is 2.43 bits per heavy atom. The highest BCUT2D eigenvalue weighted by molar-refractivity contribution is 9.10. The molecule has 0 aliphatic heterocycles. The van der Waals surface area contributed by atoms with Gasteiger partial charge in [-0.25, -0.2) is 0 Å². The molecule has 0 heterocycles. The summed E-state index contributed by atoms with van der Waals surface area (Å²) < 4.78 is 28.8. The van der Waals surface area contributed by atoms with Crippen molar-refractivity contribution in [3.8, 4) is 5.75 Å². The van der Waals surface area contributed by atoms with E-state index < -0.39 is 6.61 Å². The molecule has 0 radical (unpaired) electrons. The zero-order chi connectivity index (χ0) is 15.4. The molecule has 0 saturated heterocycles. The van der Waals surface area contributed by atoms with Crippen LogP contribution in [0.15, 0.2) is 46.9 Å². The number of nitrogens with one attached hydrogen (secondary N) is 1. The summed E-state index contributed by atoms with van der Waals surface area (Å²) >= 11 is 9.06. The predicted molar refractivity (Wildman–Crippen MR) is 80.2 cm³/mol. The Morgan fingerprint density at radius 2 is 1.86 bits per heavy atom. The quantitative estimate of drug-likeness (QED) is 0.819. The highest BCUT2D eigenvalue weighted by Crippen LogP contribution is 2.23. The van der Waals surface area contributed by atoms with Crippen LogP contribution in [-0.2, 0) is 0 Å². The van der Waals surface area contributed by atoms with Gasteiger partial charge in [-0.15, -0.1) is 0 Å². The molecule has 0 unspecified atom stereocenters. The molecule has 1 N–H and O–H groups in total. The second-order valence-corrected chi connectivity index (χ2v) is 5.27. The topological polar surface area (TPSA) is 38.3 Å². The Balaban J connectivity index is 2.08. The summed E-state index contributed by atoms with van der Waals surface area (Å²) in [5, 5.41) is 3.15. The third-order valence-corrected chi connectivity index (χ3v) is 3.40. The highest BCUT2D eigenvalue weighted by Gasteiger charge is 2.11. The van der Waals surface area contributed by atoms with Crippen molar-refractivity contribution >= 4 is 39.1 Å². The lowest BCUT2D eigenvalue weighted by Gasteiger charge is -2.08. The molecule has 0 bridgehead atoms. The Kier molecular flexibility index (Phi) is 5.14. The Labute approximate surface area is 133 Å². The van der Waals surface area contributed by atoms with Crippen molar-refractivity contribution in [1.82, 2.24) is 0 Å². The van der Waals surface area contributed by atoms with Crippen LogP contribution < -0.4 is 10.1 Å². The van der Waals surface area contributed by atoms with Crippen LogP contribution in [0.1, 0.15) is 10.4 Å². The number of anilines is 1. The smallest absolute Gasteiger partial charge is 0.387 e. The van der Waals surface area contributed by atoms with Crippen molar-refractivity contribution in [3.05, 3.63) is 57.5 Å². The predicted octanol–water partition coefficient (Wildman–Crippen LogP) is 4.96. The van der Waals surface area contributed by atoms with E-state index >= 15 is 0 Å². The van der Waals surface area contributed by atoms with Gasteiger partial charge in [-0.1, -0.05) is 11.6 Å². The van der Waals surface area contributed by atoms with E-state index in [1.807, 2.05) is 0 Å². The van der Waals surface area contributed by atoms with Gasteiger partial charge in [-0.05, 0) is 58.4 Å². The SMILES string of the molecule is O=C(Nc1ccc(OC(F)F)cc1)c1ccc(Cl)cc1Br. The molecule has 0 fully saturated rings. The molecule has 0 saturated carbocycles. The molecule has 2 aromatic carbocycles. The lowest BCUT2D eigenvalue weighted by Crippen LogP contribution is -2.12. The van der Waals surface area contributed by atoms with Crippen LogP contribution in [0.25, 0.3) is 0 Å². The van der Waals surface area contributed by atoms with Gasteiger partial charge in [0, 0.05) is 15.2 Å². The Bertz CT molecular complexity index is 650. The number of ether oxygens (including phenoxy) is 1. The van der Waals surface area contributed by atoms with Crippen LogP contribution >= 0.6 is 27.5 Å². The number of halogens is 4. The summed E-state index contributed by atoms with van der Waals surface area (Å²) in [6, 6.07) is 10.4. The standard InChI is InChI=1S/C14H9BrClF2NO2/c15-12-7-8(16)1-6-11(12)13(20)19-9-2-4-10(5-3-9)21-14(17)18/h1-7,14H,(H,19,20). The van der Waals surface area contributed by atoms with E-state index in [1.54, 1.807) is 18.2 Å². The van der Waals surface area contributed by atoms with Crippen LogP contribution in [-0.4, -0.2) is 12.5 Å². The third kappa shape index (κ3) is 4.41. The van der Waals surface area contributed by atoms with E-state index in [0.717, 1.165) is 0 Å². The van der Waals surface area contributed by atoms with Crippen LogP contribution in [0.4, 0.5) is 14.5 Å². The summed E-state index contributed by atoms with van der Waals surface area (Å²) in [6.45, 7) is -2.88. The number of carbonyl (C=O) groups is 1. The first-order chi connectivity index (χ1) is 9.95. The van der Waals surface area contributed by atoms with Gasteiger partial charge in [0.05, 0.1) is 5.56 Å². The van der Waals surface area contributed by atoms with Crippen molar-refractivity contribution in [2.45, 2.75) is 6.61 Å². The second-order valence-electron chi connectivity index (χ2n) is 3.98. The number of alkyl halides is 2. The highest BCUT2D eigenvalue weighted by atomic mass is 79.9. The molecule has 21 heavy (non-hydrogen) atoms. The summed E-state index contributed by atoms with van der Waals surface area (Å²) in [5.41, 5.74) is 0.871. The number of amides is 1. The lowest BCUT2D eigenvalue weighted by atomic mass is 10.2. The van der Waals surface area contributed by atoms with Crippen molar-refractivity contribution in [1.29, 1.82) is 0 Å². The number of carbonyl (C=O) groups excluding carboxylic acids is 1. The van der Waals surface area contributed by atoms with Gasteiger partial charge >= 0.3 is 6.61 Å². The Morgan fingerprint density at radius 1 is 1.19 bits per heavy atom. The van der Waals surface area contributed by atoms with E-state index in [1.165, 1.54) is 24.3 Å². The molecule has 3 nitrogen and oxygen atoms in total. The molecule has 7 heteroatoms. The first-order valence-corrected chi connectivity index (χ1v) is 6.94. The molecule has 2 rings (SSSR count). The van der Waals surface area contributed by atoms with Gasteiger partial charge in [0.2, 0.25) is 0 Å².